The van der Waals surface area contributed by atoms with Gasteiger partial charge in [0.15, 0.2) is 0 Å². The van der Waals surface area contributed by atoms with E-state index in [2.05, 4.69) is 172 Å². The normalized spacial score (nSPS) is 12.3. The molecular formula is C74H50N8O4. The van der Waals surface area contributed by atoms with Crippen LogP contribution in [0.3, 0.4) is 0 Å². The number of nitrogens with one attached hydrogen (secondary N) is 4. The molecule has 12 nitrogen and oxygen atoms in total. The maximum atomic E-state index is 5.94. The fraction of sp³-hybridized carbons (Fsp3) is 0.0541. The summed E-state index contributed by atoms with van der Waals surface area (Å²) in [4.78, 5) is 38.8. The maximum absolute atomic E-state index is 5.94. The lowest BCUT2D eigenvalue weighted by molar-refractivity contribution is 0.415. The number of methoxy groups -OCH3 is 4. The molecule has 0 amide bonds. The molecule has 0 atom stereocenters. The van der Waals surface area contributed by atoms with Crippen molar-refractivity contribution in [3.63, 3.8) is 0 Å². The number of aromatic nitrogens is 8. The Morgan fingerprint density at radius 1 is 0.302 bits per heavy atom. The number of H-pyrrole nitrogens is 4. The zero-order chi connectivity index (χ0) is 57.3. The second-order valence-electron chi connectivity index (χ2n) is 21.9. The van der Waals surface area contributed by atoms with Gasteiger partial charge < -0.3 is 38.9 Å². The smallest absolute Gasteiger partial charge is 0.119 e. The van der Waals surface area contributed by atoms with Gasteiger partial charge in [-0.25, -0.2) is 19.9 Å². The number of fused-ring (bicyclic) bond motifs is 14. The van der Waals surface area contributed by atoms with Gasteiger partial charge in [0.2, 0.25) is 0 Å². The second kappa shape index (κ2) is 19.0. The van der Waals surface area contributed by atoms with Crippen molar-refractivity contribution < 1.29 is 18.9 Å². The van der Waals surface area contributed by atoms with E-state index in [0.717, 1.165) is 200 Å². The largest absolute Gasteiger partial charge is 0.497 e. The molecule has 7 aromatic carbocycles. The molecule has 0 saturated heterocycles. The van der Waals surface area contributed by atoms with E-state index in [4.69, 9.17) is 38.9 Å². The van der Waals surface area contributed by atoms with Gasteiger partial charge in [-0.15, -0.1) is 0 Å². The summed E-state index contributed by atoms with van der Waals surface area (Å²) in [6.45, 7) is 0. The van der Waals surface area contributed by atoms with E-state index in [9.17, 15) is 0 Å². The lowest BCUT2D eigenvalue weighted by Gasteiger charge is -2.08. The van der Waals surface area contributed by atoms with Gasteiger partial charge in [-0.05, 0) is 155 Å². The summed E-state index contributed by atoms with van der Waals surface area (Å²) in [5, 5.41) is 5.67. The lowest BCUT2D eigenvalue weighted by Crippen LogP contribution is -1.89. The summed E-state index contributed by atoms with van der Waals surface area (Å²) in [5.41, 5.74) is 22.7. The second-order valence-corrected chi connectivity index (χ2v) is 21.9. The van der Waals surface area contributed by atoms with Crippen LogP contribution in [-0.4, -0.2) is 68.3 Å². The lowest BCUT2D eigenvalue weighted by atomic mass is 9.97. The average Bonchev–Trinajstić information content (AvgIpc) is 2.54. The predicted octanol–water partition coefficient (Wildman–Crippen LogP) is 18.0. The maximum Gasteiger partial charge on any atom is 0.119 e. The van der Waals surface area contributed by atoms with Crippen LogP contribution in [0.25, 0.3) is 178 Å². The third kappa shape index (κ3) is 7.62. The minimum absolute atomic E-state index is 0.727. The van der Waals surface area contributed by atoms with E-state index in [-0.39, 0.29) is 0 Å². The first-order valence-electron chi connectivity index (χ1n) is 28.5. The van der Waals surface area contributed by atoms with E-state index in [1.54, 1.807) is 28.4 Å². The zero-order valence-electron chi connectivity index (χ0n) is 47.1. The molecule has 12 heteroatoms. The van der Waals surface area contributed by atoms with E-state index in [0.29, 0.717) is 0 Å². The Labute approximate surface area is 491 Å². The SMILES string of the molecule is COc1cccc(-c2c3nc(cc4ccc([nH]4)c(-c4cccc(OC)c4)c4cc5c6cc7[nH]c6c6c8nc(cc8c8cc2[nH]c8c6c5n4)c(-c2cccc(OC)c2)c2ccc([nH]2)c(-c2ccccc2)c2nc(c7-c4cccc(OC)c4)C=C2)C=C3)c1. The van der Waals surface area contributed by atoms with Crippen molar-refractivity contribution in [3.8, 4) is 78.6 Å². The minimum atomic E-state index is 0.727. The van der Waals surface area contributed by atoms with Crippen molar-refractivity contribution in [2.24, 2.45) is 0 Å². The fourth-order valence-electron chi connectivity index (χ4n) is 13.3. The first kappa shape index (κ1) is 49.1. The number of benzene rings is 7. The van der Waals surface area contributed by atoms with E-state index in [1.165, 1.54) is 0 Å². The Kier molecular flexibility index (Phi) is 10.9. The molecule has 0 radical (unpaired) electrons. The molecule has 2 aliphatic heterocycles. The Bertz CT molecular complexity index is 5610. The minimum Gasteiger partial charge on any atom is -0.497 e. The topological polar surface area (TPSA) is 152 Å². The van der Waals surface area contributed by atoms with Gasteiger partial charge in [0.25, 0.3) is 0 Å². The highest BCUT2D eigenvalue weighted by Gasteiger charge is 2.27. The van der Waals surface area contributed by atoms with Crippen LogP contribution in [0.15, 0.2) is 182 Å². The summed E-state index contributed by atoms with van der Waals surface area (Å²) in [5.74, 6) is 2.92. The van der Waals surface area contributed by atoms with Gasteiger partial charge >= 0.3 is 0 Å². The summed E-state index contributed by atoms with van der Waals surface area (Å²) < 4.78 is 23.7. The van der Waals surface area contributed by atoms with Crippen LogP contribution in [0, 0.1) is 0 Å². The molecule has 0 unspecified atom stereocenters. The summed E-state index contributed by atoms with van der Waals surface area (Å²) in [6.07, 6.45) is 8.43. The highest BCUT2D eigenvalue weighted by molar-refractivity contribution is 6.39. The van der Waals surface area contributed by atoms with Gasteiger partial charge in [0, 0.05) is 93.2 Å². The van der Waals surface area contributed by atoms with E-state index < -0.39 is 0 Å². The Hall–Kier alpha value is -11.5. The number of hydrogen-bond donors (Lipinski definition) is 4. The van der Waals surface area contributed by atoms with Crippen LogP contribution in [0.1, 0.15) is 22.8 Å². The molecule has 0 fully saturated rings. The molecule has 86 heavy (non-hydrogen) atoms. The van der Waals surface area contributed by atoms with Gasteiger partial charge in [0.1, 0.15) is 23.0 Å². The molecule has 0 aliphatic carbocycles. The van der Waals surface area contributed by atoms with Crippen molar-refractivity contribution >= 4 is 123 Å². The molecule has 17 rings (SSSR count). The first-order valence-corrected chi connectivity index (χ1v) is 28.5. The molecule has 8 aromatic heterocycles. The Morgan fingerprint density at radius 3 is 1.22 bits per heavy atom. The molecule has 4 N–H and O–H groups in total. The quantitative estimate of drug-likeness (QED) is 0.112. The third-order valence-corrected chi connectivity index (χ3v) is 17.1. The van der Waals surface area contributed by atoms with Crippen LogP contribution >= 0.6 is 0 Å². The molecule has 16 bridgehead atoms. The summed E-state index contributed by atoms with van der Waals surface area (Å²) in [6, 6.07) is 63.0. The Morgan fingerprint density at radius 2 is 0.721 bits per heavy atom. The number of rotatable bonds is 9. The van der Waals surface area contributed by atoms with Crippen LogP contribution in [-0.2, 0) is 0 Å². The van der Waals surface area contributed by atoms with Crippen LogP contribution in [0.2, 0.25) is 0 Å². The molecule has 0 spiro atoms. The fourth-order valence-corrected chi connectivity index (χ4v) is 13.3. The summed E-state index contributed by atoms with van der Waals surface area (Å²) in [7, 11) is 6.81. The van der Waals surface area contributed by atoms with Crippen molar-refractivity contribution in [2.45, 2.75) is 0 Å². The molecule has 10 heterocycles. The van der Waals surface area contributed by atoms with Crippen LogP contribution in [0.5, 0.6) is 23.0 Å². The van der Waals surface area contributed by atoms with Crippen molar-refractivity contribution in [3.05, 3.63) is 205 Å². The summed E-state index contributed by atoms with van der Waals surface area (Å²) >= 11 is 0. The highest BCUT2D eigenvalue weighted by atomic mass is 16.5. The number of ether oxygens (including phenoxy) is 4. The number of hydrogen-bond acceptors (Lipinski definition) is 8. The first-order chi connectivity index (χ1) is 42.4. The van der Waals surface area contributed by atoms with Crippen molar-refractivity contribution in [1.29, 1.82) is 0 Å². The van der Waals surface area contributed by atoms with Crippen molar-refractivity contribution in [2.75, 3.05) is 28.4 Å². The average molecular weight is 1120 g/mol. The van der Waals surface area contributed by atoms with Gasteiger partial charge in [-0.3, -0.25) is 0 Å². The monoisotopic (exact) mass is 1110 g/mol. The third-order valence-electron chi connectivity index (χ3n) is 17.1. The number of nitrogens with zero attached hydrogens (tertiary/aromatic N) is 4. The highest BCUT2D eigenvalue weighted by Crippen LogP contribution is 2.49. The van der Waals surface area contributed by atoms with Gasteiger partial charge in [-0.1, -0.05) is 78.9 Å². The molecule has 0 saturated carbocycles. The number of aromatic amines is 4. The van der Waals surface area contributed by atoms with Gasteiger partial charge in [-0.2, -0.15) is 0 Å². The zero-order valence-corrected chi connectivity index (χ0v) is 47.1. The van der Waals surface area contributed by atoms with E-state index in [1.807, 2.05) is 54.6 Å². The molecule has 410 valence electrons. The standard InChI is InChI=1S/C74H50N8O4/c1-83-46-18-8-14-40(30-46)65-54-24-22-44(75-54)34-45-23-25-55(76-45)66(41-15-9-19-47(31-41)84-2)61-36-51-53-38-63-68(43-17-11-21-49(33-43)86-4)59-29-27-57(78-59)64(39-12-6-5-7-13-39)56-26-28-58(77-56)67(42-16-10-20-48(32-42)85-3)62-37-52-50-35-60(65)79-71(50)69(72(51)80-61)70(73(52)81-62)74(53)82-63/h5-38,75,78,80-81H,1-4H3. The van der Waals surface area contributed by atoms with Crippen LogP contribution in [0.4, 0.5) is 0 Å². The van der Waals surface area contributed by atoms with E-state index >= 15 is 0 Å². The van der Waals surface area contributed by atoms with Crippen molar-refractivity contribution in [1.82, 2.24) is 39.9 Å². The molecule has 15 aromatic rings. The Balaban J connectivity index is 1.16. The molecular weight excluding hydrogens is 1060 g/mol. The molecule has 2 aliphatic rings. The predicted molar refractivity (Wildman–Crippen MR) is 350 cm³/mol. The van der Waals surface area contributed by atoms with Crippen LogP contribution < -0.4 is 18.9 Å². The van der Waals surface area contributed by atoms with Gasteiger partial charge in [0.05, 0.1) is 84.3 Å².